The number of nitrogens with zero attached hydrogens (tertiary/aromatic N) is 1. The Morgan fingerprint density at radius 2 is 1.90 bits per heavy atom. The van der Waals surface area contributed by atoms with Crippen molar-refractivity contribution < 1.29 is 13.2 Å². The number of benzene rings is 1. The summed E-state index contributed by atoms with van der Waals surface area (Å²) in [7, 11) is -3.18. The van der Waals surface area contributed by atoms with E-state index < -0.39 is 10.0 Å². The zero-order chi connectivity index (χ0) is 20.6. The molecular formula is C23H34N2O3S. The molecule has 1 heterocycles. The first kappa shape index (κ1) is 20.9. The van der Waals surface area contributed by atoms with E-state index in [2.05, 4.69) is 29.6 Å². The van der Waals surface area contributed by atoms with Crippen molar-refractivity contribution in [1.82, 2.24) is 9.62 Å². The number of fused-ring (bicyclic) bond motifs is 2. The Bertz CT molecular complexity index is 853. The fourth-order valence-electron chi connectivity index (χ4n) is 5.28. The van der Waals surface area contributed by atoms with Crippen molar-refractivity contribution in [3.05, 3.63) is 35.4 Å². The Morgan fingerprint density at radius 3 is 2.55 bits per heavy atom. The van der Waals surface area contributed by atoms with Gasteiger partial charge in [-0.2, -0.15) is 0 Å². The average Bonchev–Trinajstić information content (AvgIpc) is 3.45. The molecule has 1 spiro atoms. The number of sulfonamides is 1. The van der Waals surface area contributed by atoms with Crippen molar-refractivity contribution in [3.63, 3.8) is 0 Å². The van der Waals surface area contributed by atoms with Gasteiger partial charge in [0.2, 0.25) is 15.9 Å². The average molecular weight is 419 g/mol. The van der Waals surface area contributed by atoms with Gasteiger partial charge in [-0.1, -0.05) is 38.1 Å². The molecule has 0 bridgehead atoms. The summed E-state index contributed by atoms with van der Waals surface area (Å²) in [4.78, 5) is 12.5. The molecule has 0 radical (unpaired) electrons. The second-order valence-corrected chi connectivity index (χ2v) is 11.8. The molecule has 3 aliphatic rings. The van der Waals surface area contributed by atoms with Crippen LogP contribution in [-0.2, 0) is 20.2 Å². The topological polar surface area (TPSA) is 66.5 Å². The summed E-state index contributed by atoms with van der Waals surface area (Å²) in [6.45, 7) is 5.90. The summed E-state index contributed by atoms with van der Waals surface area (Å²) in [5.74, 6) is 1.45. The molecule has 5 nitrogen and oxygen atoms in total. The molecule has 1 saturated carbocycles. The van der Waals surface area contributed by atoms with Gasteiger partial charge >= 0.3 is 0 Å². The van der Waals surface area contributed by atoms with E-state index in [1.807, 2.05) is 13.8 Å². The lowest BCUT2D eigenvalue weighted by Crippen LogP contribution is -2.45. The molecule has 6 heteroatoms. The van der Waals surface area contributed by atoms with E-state index in [0.29, 0.717) is 25.4 Å². The minimum Gasteiger partial charge on any atom is -0.356 e. The van der Waals surface area contributed by atoms with Gasteiger partial charge in [0.25, 0.3) is 0 Å². The Hall–Kier alpha value is -1.40. The SMILES string of the molecule is CC(C)CS(=O)(=O)N1CCC2(CC1)CC(CC(=O)NCC1CC1)c1ccccc12. The van der Waals surface area contributed by atoms with E-state index in [4.69, 9.17) is 0 Å². The molecule has 1 aromatic rings. The van der Waals surface area contributed by atoms with Gasteiger partial charge in [0, 0.05) is 26.1 Å². The molecule has 1 aromatic carbocycles. The maximum Gasteiger partial charge on any atom is 0.220 e. The number of amides is 1. The molecule has 4 rings (SSSR count). The zero-order valence-corrected chi connectivity index (χ0v) is 18.5. The van der Waals surface area contributed by atoms with Crippen LogP contribution in [-0.4, -0.2) is 44.0 Å². The Labute approximate surface area is 175 Å². The fraction of sp³-hybridized carbons (Fsp3) is 0.696. The third-order valence-corrected chi connectivity index (χ3v) is 9.18. The number of rotatable bonds is 7. The summed E-state index contributed by atoms with van der Waals surface area (Å²) in [6.07, 6.45) is 5.68. The number of piperidine rings is 1. The van der Waals surface area contributed by atoms with E-state index >= 15 is 0 Å². The molecule has 2 aliphatic carbocycles. The first-order valence-electron chi connectivity index (χ1n) is 11.1. The maximum atomic E-state index is 12.7. The van der Waals surface area contributed by atoms with Crippen molar-refractivity contribution in [2.75, 3.05) is 25.4 Å². The molecular weight excluding hydrogens is 384 g/mol. The van der Waals surface area contributed by atoms with E-state index in [1.54, 1.807) is 4.31 Å². The number of nitrogens with one attached hydrogen (secondary N) is 1. The van der Waals surface area contributed by atoms with Crippen LogP contribution in [0.5, 0.6) is 0 Å². The zero-order valence-electron chi connectivity index (χ0n) is 17.7. The summed E-state index contributed by atoms with van der Waals surface area (Å²) in [5.41, 5.74) is 2.66. The molecule has 160 valence electrons. The summed E-state index contributed by atoms with van der Waals surface area (Å²) < 4.78 is 27.0. The predicted molar refractivity (Wildman–Crippen MR) is 115 cm³/mol. The van der Waals surface area contributed by atoms with Crippen LogP contribution in [0.3, 0.4) is 0 Å². The van der Waals surface area contributed by atoms with Crippen molar-refractivity contribution in [1.29, 1.82) is 0 Å². The monoisotopic (exact) mass is 418 g/mol. The normalized spacial score (nSPS) is 24.0. The molecule has 1 N–H and O–H groups in total. The molecule has 0 aromatic heterocycles. The van der Waals surface area contributed by atoms with Crippen LogP contribution in [0.2, 0.25) is 0 Å². The Balaban J connectivity index is 1.45. The second kappa shape index (κ2) is 8.03. The molecule has 1 unspecified atom stereocenters. The van der Waals surface area contributed by atoms with Gasteiger partial charge in [-0.3, -0.25) is 4.79 Å². The van der Waals surface area contributed by atoms with Crippen molar-refractivity contribution in [3.8, 4) is 0 Å². The number of hydrogen-bond donors (Lipinski definition) is 1. The molecule has 29 heavy (non-hydrogen) atoms. The second-order valence-electron chi connectivity index (χ2n) is 9.79. The van der Waals surface area contributed by atoms with Gasteiger partial charge in [0.1, 0.15) is 0 Å². The largest absolute Gasteiger partial charge is 0.356 e. The number of carbonyl (C=O) groups is 1. The van der Waals surface area contributed by atoms with Gasteiger partial charge in [-0.05, 0) is 66.4 Å². The highest BCUT2D eigenvalue weighted by molar-refractivity contribution is 7.89. The predicted octanol–water partition coefficient (Wildman–Crippen LogP) is 3.41. The third kappa shape index (κ3) is 4.53. The van der Waals surface area contributed by atoms with E-state index in [0.717, 1.165) is 25.8 Å². The minimum absolute atomic E-state index is 0.0158. The standard InChI is InChI=1S/C23H34N2O3S/c1-17(2)16-29(27,28)25-11-9-23(10-12-25)14-19(20-5-3-4-6-21(20)23)13-22(26)24-15-18-7-8-18/h3-6,17-19H,7-16H2,1-2H3,(H,24,26). The lowest BCUT2D eigenvalue weighted by Gasteiger charge is -2.40. The summed E-state index contributed by atoms with van der Waals surface area (Å²) in [6, 6.07) is 8.52. The maximum absolute atomic E-state index is 12.7. The summed E-state index contributed by atoms with van der Waals surface area (Å²) in [5, 5.41) is 3.11. The van der Waals surface area contributed by atoms with Crippen LogP contribution >= 0.6 is 0 Å². The van der Waals surface area contributed by atoms with Gasteiger partial charge < -0.3 is 5.32 Å². The Morgan fingerprint density at radius 1 is 1.21 bits per heavy atom. The van der Waals surface area contributed by atoms with E-state index in [-0.39, 0.29) is 28.9 Å². The van der Waals surface area contributed by atoms with Crippen molar-refractivity contribution in [2.45, 2.75) is 63.7 Å². The van der Waals surface area contributed by atoms with Gasteiger partial charge in [0.15, 0.2) is 0 Å². The molecule has 1 atom stereocenters. The number of carbonyl (C=O) groups excluding carboxylic acids is 1. The van der Waals surface area contributed by atoms with Crippen molar-refractivity contribution >= 4 is 15.9 Å². The first-order valence-corrected chi connectivity index (χ1v) is 12.7. The lowest BCUT2D eigenvalue weighted by atomic mass is 9.73. The highest BCUT2D eigenvalue weighted by Gasteiger charge is 2.47. The van der Waals surface area contributed by atoms with Crippen LogP contribution in [0, 0.1) is 11.8 Å². The third-order valence-electron chi connectivity index (χ3n) is 6.94. The van der Waals surface area contributed by atoms with E-state index in [9.17, 15) is 13.2 Å². The van der Waals surface area contributed by atoms with Crippen LogP contribution in [0.4, 0.5) is 0 Å². The first-order chi connectivity index (χ1) is 13.8. The van der Waals surface area contributed by atoms with Crippen LogP contribution in [0.15, 0.2) is 24.3 Å². The molecule has 1 saturated heterocycles. The van der Waals surface area contributed by atoms with E-state index in [1.165, 1.54) is 24.0 Å². The highest BCUT2D eigenvalue weighted by atomic mass is 32.2. The van der Waals surface area contributed by atoms with Gasteiger partial charge in [-0.15, -0.1) is 0 Å². The van der Waals surface area contributed by atoms with Gasteiger partial charge in [0.05, 0.1) is 5.75 Å². The van der Waals surface area contributed by atoms with Crippen LogP contribution in [0.25, 0.3) is 0 Å². The van der Waals surface area contributed by atoms with Crippen LogP contribution in [0.1, 0.15) is 69.4 Å². The fourth-order valence-corrected chi connectivity index (χ4v) is 7.07. The molecule has 1 amide bonds. The quantitative estimate of drug-likeness (QED) is 0.738. The van der Waals surface area contributed by atoms with Crippen LogP contribution < -0.4 is 5.32 Å². The molecule has 2 fully saturated rings. The smallest absolute Gasteiger partial charge is 0.220 e. The van der Waals surface area contributed by atoms with Crippen molar-refractivity contribution in [2.24, 2.45) is 11.8 Å². The Kier molecular flexibility index (Phi) is 5.77. The number of hydrogen-bond acceptors (Lipinski definition) is 3. The minimum atomic E-state index is -3.18. The summed E-state index contributed by atoms with van der Waals surface area (Å²) >= 11 is 0. The highest BCUT2D eigenvalue weighted by Crippen LogP contribution is 2.52. The van der Waals surface area contributed by atoms with Gasteiger partial charge in [-0.25, -0.2) is 12.7 Å². The molecule has 1 aliphatic heterocycles. The lowest BCUT2D eigenvalue weighted by molar-refractivity contribution is -0.121.